The molecule has 1 aliphatic carbocycles. The number of halogens is 2. The number of amides is 1. The van der Waals surface area contributed by atoms with Crippen molar-refractivity contribution in [1.29, 1.82) is 0 Å². The van der Waals surface area contributed by atoms with Gasteiger partial charge in [-0.2, -0.15) is 0 Å². The number of carbonyl (C=O) groups excluding carboxylic acids is 1. The molecule has 0 aliphatic heterocycles. The van der Waals surface area contributed by atoms with E-state index in [1.807, 2.05) is 0 Å². The number of benzene rings is 1. The van der Waals surface area contributed by atoms with Crippen molar-refractivity contribution in [3.8, 4) is 5.75 Å². The van der Waals surface area contributed by atoms with Gasteiger partial charge in [0.05, 0.1) is 5.02 Å². The minimum absolute atomic E-state index is 0.0567. The Balaban J connectivity index is 1.91. The van der Waals surface area contributed by atoms with Crippen molar-refractivity contribution in [2.24, 2.45) is 0 Å². The number of hydrogen-bond acceptors (Lipinski definition) is 3. The van der Waals surface area contributed by atoms with Crippen LogP contribution in [0.1, 0.15) is 25.7 Å². The highest BCUT2D eigenvalue weighted by molar-refractivity contribution is 6.32. The number of carbonyl (C=O) groups is 1. The molecule has 1 N–H and O–H groups in total. The summed E-state index contributed by atoms with van der Waals surface area (Å²) in [6, 6.07) is 4.04. The van der Waals surface area contributed by atoms with Gasteiger partial charge in [-0.15, -0.1) is 0 Å². The molecule has 0 aromatic heterocycles. The zero-order valence-electron chi connectivity index (χ0n) is 11.7. The minimum atomic E-state index is -0.447. The molecule has 0 radical (unpaired) electrons. The van der Waals surface area contributed by atoms with Crippen molar-refractivity contribution >= 4 is 17.5 Å². The van der Waals surface area contributed by atoms with Crippen LogP contribution in [0.4, 0.5) is 4.39 Å². The first-order valence-electron chi connectivity index (χ1n) is 7.10. The lowest BCUT2D eigenvalue weighted by molar-refractivity contribution is -0.137. The number of hydrogen-bond donors (Lipinski definition) is 1. The van der Waals surface area contributed by atoms with Gasteiger partial charge in [0.1, 0.15) is 11.6 Å². The average molecular weight is 316 g/mol. The molecule has 1 saturated carbocycles. The molecule has 0 bridgehead atoms. The first-order chi connectivity index (χ1) is 10.1. The van der Waals surface area contributed by atoms with Crippen LogP contribution in [0.2, 0.25) is 5.02 Å². The summed E-state index contributed by atoms with van der Waals surface area (Å²) in [6.45, 7) is 0.453. The lowest BCUT2D eigenvalue weighted by Gasteiger charge is -2.37. The Morgan fingerprint density at radius 2 is 2.24 bits per heavy atom. The predicted molar refractivity (Wildman–Crippen MR) is 78.0 cm³/mol. The van der Waals surface area contributed by atoms with Crippen molar-refractivity contribution in [1.82, 2.24) is 4.90 Å². The van der Waals surface area contributed by atoms with E-state index in [-0.39, 0.29) is 30.2 Å². The van der Waals surface area contributed by atoms with Crippen LogP contribution in [-0.4, -0.2) is 41.7 Å². The molecule has 1 aromatic carbocycles. The smallest absolute Gasteiger partial charge is 0.260 e. The first kappa shape index (κ1) is 16.0. The molecule has 1 aromatic rings. The van der Waals surface area contributed by atoms with Gasteiger partial charge in [0.2, 0.25) is 0 Å². The van der Waals surface area contributed by atoms with E-state index in [2.05, 4.69) is 0 Å². The van der Waals surface area contributed by atoms with Crippen LogP contribution in [0.25, 0.3) is 0 Å². The lowest BCUT2D eigenvalue weighted by Crippen LogP contribution is -2.46. The Morgan fingerprint density at radius 1 is 1.48 bits per heavy atom. The molecule has 6 heteroatoms. The molecule has 1 amide bonds. The van der Waals surface area contributed by atoms with E-state index < -0.39 is 5.82 Å². The molecule has 116 valence electrons. The molecule has 0 spiro atoms. The number of nitrogens with zero attached hydrogens (tertiary/aromatic N) is 1. The van der Waals surface area contributed by atoms with Gasteiger partial charge in [0, 0.05) is 19.2 Å². The topological polar surface area (TPSA) is 49.8 Å². The zero-order chi connectivity index (χ0) is 15.2. The van der Waals surface area contributed by atoms with Crippen molar-refractivity contribution in [3.05, 3.63) is 29.0 Å². The van der Waals surface area contributed by atoms with Crippen LogP contribution >= 0.6 is 11.6 Å². The number of aliphatic hydroxyl groups excluding tert-OH is 1. The minimum Gasteiger partial charge on any atom is -0.482 e. The van der Waals surface area contributed by atoms with Gasteiger partial charge < -0.3 is 14.7 Å². The lowest BCUT2D eigenvalue weighted by atomic mass is 9.91. The maximum atomic E-state index is 12.9. The molecular formula is C15H19ClFNO3. The first-order valence-corrected chi connectivity index (χ1v) is 7.48. The van der Waals surface area contributed by atoms with Crippen molar-refractivity contribution < 1.29 is 19.0 Å². The Morgan fingerprint density at radius 3 is 2.81 bits per heavy atom. The molecule has 0 heterocycles. The van der Waals surface area contributed by atoms with Gasteiger partial charge in [-0.1, -0.05) is 11.6 Å². The molecule has 0 unspecified atom stereocenters. The second-order valence-electron chi connectivity index (χ2n) is 5.11. The average Bonchev–Trinajstić information content (AvgIpc) is 2.40. The normalized spacial score (nSPS) is 14.6. The SMILES string of the molecule is O=C(COc1ccc(F)cc1Cl)N(CCCO)C1CCC1. The fraction of sp³-hybridized carbons (Fsp3) is 0.533. The molecule has 4 nitrogen and oxygen atoms in total. The molecule has 21 heavy (non-hydrogen) atoms. The van der Waals surface area contributed by atoms with E-state index in [1.54, 1.807) is 4.90 Å². The quantitative estimate of drug-likeness (QED) is 0.841. The number of aliphatic hydroxyl groups is 1. The van der Waals surface area contributed by atoms with Crippen molar-refractivity contribution in [2.45, 2.75) is 31.7 Å². The van der Waals surface area contributed by atoms with Crippen molar-refractivity contribution in [3.63, 3.8) is 0 Å². The van der Waals surface area contributed by atoms with Crippen LogP contribution in [0, 0.1) is 5.82 Å². The van der Waals surface area contributed by atoms with Crippen LogP contribution in [0.15, 0.2) is 18.2 Å². The van der Waals surface area contributed by atoms with Crippen LogP contribution in [-0.2, 0) is 4.79 Å². The highest BCUT2D eigenvalue weighted by Gasteiger charge is 2.28. The second kappa shape index (κ2) is 7.61. The van der Waals surface area contributed by atoms with Crippen LogP contribution < -0.4 is 4.74 Å². The van der Waals surface area contributed by atoms with Gasteiger partial charge in [0.25, 0.3) is 5.91 Å². The summed E-state index contributed by atoms with van der Waals surface area (Å²) < 4.78 is 18.3. The molecule has 1 fully saturated rings. The largest absolute Gasteiger partial charge is 0.482 e. The molecular weight excluding hydrogens is 297 g/mol. The highest BCUT2D eigenvalue weighted by Crippen LogP contribution is 2.27. The maximum absolute atomic E-state index is 12.9. The fourth-order valence-electron chi connectivity index (χ4n) is 2.27. The molecule has 0 atom stereocenters. The van der Waals surface area contributed by atoms with E-state index in [4.69, 9.17) is 21.4 Å². The third-order valence-electron chi connectivity index (χ3n) is 3.64. The third-order valence-corrected chi connectivity index (χ3v) is 3.93. The summed E-state index contributed by atoms with van der Waals surface area (Å²) >= 11 is 5.85. The summed E-state index contributed by atoms with van der Waals surface area (Å²) in [5, 5.41) is 9.06. The van der Waals surface area contributed by atoms with Gasteiger partial charge >= 0.3 is 0 Å². The van der Waals surface area contributed by atoms with E-state index >= 15 is 0 Å². The molecule has 2 rings (SSSR count). The van der Waals surface area contributed by atoms with Crippen molar-refractivity contribution in [2.75, 3.05) is 19.8 Å². The Labute approximate surface area is 128 Å². The molecule has 1 aliphatic rings. The summed E-state index contributed by atoms with van der Waals surface area (Å²) in [5.41, 5.74) is 0. The van der Waals surface area contributed by atoms with E-state index in [1.165, 1.54) is 12.1 Å². The standard InChI is InChI=1S/C15H19ClFNO3/c16-13-9-11(17)5-6-14(13)21-10-15(20)18(7-2-8-19)12-3-1-4-12/h5-6,9,12,19H,1-4,7-8,10H2. The fourth-order valence-corrected chi connectivity index (χ4v) is 2.49. The van der Waals surface area contributed by atoms with Gasteiger partial charge in [-0.05, 0) is 43.9 Å². The van der Waals surface area contributed by atoms with Gasteiger partial charge in [-0.3, -0.25) is 4.79 Å². The Bertz CT molecular complexity index is 494. The number of rotatable bonds is 7. The van der Waals surface area contributed by atoms with Gasteiger partial charge in [-0.25, -0.2) is 4.39 Å². The summed E-state index contributed by atoms with van der Waals surface area (Å²) in [7, 11) is 0. The summed E-state index contributed by atoms with van der Waals surface area (Å²) in [6.07, 6.45) is 3.67. The Kier molecular flexibility index (Phi) is 5.82. The summed E-state index contributed by atoms with van der Waals surface area (Å²) in [4.78, 5) is 14.0. The summed E-state index contributed by atoms with van der Waals surface area (Å²) in [5.74, 6) is -0.284. The van der Waals surface area contributed by atoms with Gasteiger partial charge in [0.15, 0.2) is 6.61 Å². The highest BCUT2D eigenvalue weighted by atomic mass is 35.5. The predicted octanol–water partition coefficient (Wildman–Crippen LogP) is 2.62. The molecule has 0 saturated heterocycles. The second-order valence-corrected chi connectivity index (χ2v) is 5.52. The monoisotopic (exact) mass is 315 g/mol. The van der Waals surface area contributed by atoms with E-state index in [0.29, 0.717) is 18.7 Å². The van der Waals surface area contributed by atoms with Crippen LogP contribution in [0.5, 0.6) is 5.75 Å². The van der Waals surface area contributed by atoms with Crippen LogP contribution in [0.3, 0.4) is 0 Å². The Hall–Kier alpha value is -1.33. The maximum Gasteiger partial charge on any atom is 0.260 e. The van der Waals surface area contributed by atoms with E-state index in [0.717, 1.165) is 25.3 Å². The zero-order valence-corrected chi connectivity index (χ0v) is 12.5. The number of ether oxygens (including phenoxy) is 1. The third kappa shape index (κ3) is 4.32. The van der Waals surface area contributed by atoms with E-state index in [9.17, 15) is 9.18 Å².